The molecular formula is C13H24N2O2. The molecule has 0 radical (unpaired) electrons. The van der Waals surface area contributed by atoms with Crippen molar-refractivity contribution >= 4 is 5.91 Å². The molecule has 0 spiro atoms. The minimum absolute atomic E-state index is 0.147. The van der Waals surface area contributed by atoms with E-state index in [1.165, 1.54) is 19.3 Å². The molecular weight excluding hydrogens is 216 g/mol. The van der Waals surface area contributed by atoms with Gasteiger partial charge in [-0.25, -0.2) is 0 Å². The van der Waals surface area contributed by atoms with E-state index in [4.69, 9.17) is 4.74 Å². The molecule has 1 saturated carbocycles. The third-order valence-electron chi connectivity index (χ3n) is 3.69. The summed E-state index contributed by atoms with van der Waals surface area (Å²) in [6.07, 6.45) is 7.21. The van der Waals surface area contributed by atoms with Gasteiger partial charge < -0.3 is 15.4 Å². The maximum absolute atomic E-state index is 11.6. The molecule has 1 unspecified atom stereocenters. The van der Waals surface area contributed by atoms with E-state index in [9.17, 15) is 4.79 Å². The second-order valence-corrected chi connectivity index (χ2v) is 5.26. The summed E-state index contributed by atoms with van der Waals surface area (Å²) in [5.41, 5.74) is 0. The van der Waals surface area contributed by atoms with Crippen molar-refractivity contribution < 1.29 is 9.53 Å². The van der Waals surface area contributed by atoms with Crippen LogP contribution in [0.4, 0.5) is 0 Å². The van der Waals surface area contributed by atoms with Gasteiger partial charge in [0.1, 0.15) is 0 Å². The number of rotatable bonds is 5. The van der Waals surface area contributed by atoms with Crippen LogP contribution in [0.2, 0.25) is 0 Å². The minimum atomic E-state index is 0.147. The summed E-state index contributed by atoms with van der Waals surface area (Å²) in [6, 6.07) is 0.433. The molecule has 1 aliphatic carbocycles. The minimum Gasteiger partial charge on any atom is -0.381 e. The molecule has 0 aromatic rings. The van der Waals surface area contributed by atoms with E-state index in [-0.39, 0.29) is 5.91 Å². The maximum Gasteiger partial charge on any atom is 0.234 e. The third-order valence-corrected chi connectivity index (χ3v) is 3.69. The number of ether oxygens (including phenoxy) is 1. The van der Waals surface area contributed by atoms with Crippen LogP contribution in [0.3, 0.4) is 0 Å². The van der Waals surface area contributed by atoms with Gasteiger partial charge in [0.05, 0.1) is 13.2 Å². The molecule has 98 valence electrons. The Morgan fingerprint density at radius 3 is 2.71 bits per heavy atom. The molecule has 1 saturated heterocycles. The Hall–Kier alpha value is -0.610. The van der Waals surface area contributed by atoms with E-state index < -0.39 is 0 Å². The normalized spacial score (nSPS) is 26.0. The van der Waals surface area contributed by atoms with Crippen molar-refractivity contribution in [3.63, 3.8) is 0 Å². The van der Waals surface area contributed by atoms with Crippen LogP contribution < -0.4 is 10.6 Å². The van der Waals surface area contributed by atoms with Gasteiger partial charge >= 0.3 is 0 Å². The van der Waals surface area contributed by atoms with E-state index in [0.717, 1.165) is 39.0 Å². The Labute approximate surface area is 103 Å². The Morgan fingerprint density at radius 1 is 1.18 bits per heavy atom. The van der Waals surface area contributed by atoms with Gasteiger partial charge in [-0.3, -0.25) is 4.79 Å². The highest BCUT2D eigenvalue weighted by Gasteiger charge is 2.17. The van der Waals surface area contributed by atoms with Gasteiger partial charge in [-0.2, -0.15) is 0 Å². The zero-order chi connectivity index (χ0) is 11.9. The Bertz CT molecular complexity index is 234. The number of amides is 1. The number of nitrogens with one attached hydrogen (secondary N) is 2. The highest BCUT2D eigenvalue weighted by Crippen LogP contribution is 2.17. The lowest BCUT2D eigenvalue weighted by atomic mass is 10.0. The van der Waals surface area contributed by atoms with Crippen molar-refractivity contribution in [3.05, 3.63) is 0 Å². The van der Waals surface area contributed by atoms with Crippen LogP contribution in [0.15, 0.2) is 0 Å². The van der Waals surface area contributed by atoms with Crippen molar-refractivity contribution in [2.75, 3.05) is 26.3 Å². The van der Waals surface area contributed by atoms with Gasteiger partial charge in [0.2, 0.25) is 5.91 Å². The van der Waals surface area contributed by atoms with E-state index in [0.29, 0.717) is 18.5 Å². The van der Waals surface area contributed by atoms with Crippen LogP contribution in [0.25, 0.3) is 0 Å². The zero-order valence-corrected chi connectivity index (χ0v) is 10.5. The lowest BCUT2D eigenvalue weighted by molar-refractivity contribution is -0.121. The van der Waals surface area contributed by atoms with Crippen molar-refractivity contribution in [3.8, 4) is 0 Å². The van der Waals surface area contributed by atoms with Gasteiger partial charge in [0.25, 0.3) is 0 Å². The Morgan fingerprint density at radius 2 is 2.00 bits per heavy atom. The van der Waals surface area contributed by atoms with Crippen LogP contribution in [0.5, 0.6) is 0 Å². The summed E-state index contributed by atoms with van der Waals surface area (Å²) in [4.78, 5) is 11.6. The monoisotopic (exact) mass is 240 g/mol. The van der Waals surface area contributed by atoms with E-state index in [2.05, 4.69) is 10.6 Å². The van der Waals surface area contributed by atoms with Crippen molar-refractivity contribution in [2.45, 2.75) is 44.6 Å². The second-order valence-electron chi connectivity index (χ2n) is 5.26. The van der Waals surface area contributed by atoms with Gasteiger partial charge in [-0.05, 0) is 31.6 Å². The summed E-state index contributed by atoms with van der Waals surface area (Å²) in [5, 5.41) is 6.32. The first-order valence-corrected chi connectivity index (χ1v) is 6.92. The molecule has 2 rings (SSSR count). The number of carbonyl (C=O) groups is 1. The highest BCUT2D eigenvalue weighted by atomic mass is 16.5. The molecule has 4 heteroatoms. The summed E-state index contributed by atoms with van der Waals surface area (Å²) < 4.78 is 5.41. The summed E-state index contributed by atoms with van der Waals surface area (Å²) in [5.74, 6) is 0.733. The van der Waals surface area contributed by atoms with Crippen LogP contribution in [-0.4, -0.2) is 38.3 Å². The summed E-state index contributed by atoms with van der Waals surface area (Å²) >= 11 is 0. The van der Waals surface area contributed by atoms with Crippen LogP contribution in [0, 0.1) is 5.92 Å². The van der Waals surface area contributed by atoms with Crippen molar-refractivity contribution in [1.82, 2.24) is 10.6 Å². The topological polar surface area (TPSA) is 50.4 Å². The quantitative estimate of drug-likeness (QED) is 0.755. The van der Waals surface area contributed by atoms with Crippen LogP contribution in [-0.2, 0) is 9.53 Å². The maximum atomic E-state index is 11.6. The first kappa shape index (κ1) is 12.8. The molecule has 0 aromatic carbocycles. The van der Waals surface area contributed by atoms with Crippen molar-refractivity contribution in [1.29, 1.82) is 0 Å². The standard InChI is InChI=1S/C13H24N2O2/c16-13(15-12-5-1-2-6-12)9-14-8-11-4-3-7-17-10-11/h11-12,14H,1-10H2,(H,15,16). The fourth-order valence-electron chi connectivity index (χ4n) is 2.71. The van der Waals surface area contributed by atoms with Gasteiger partial charge in [-0.1, -0.05) is 12.8 Å². The molecule has 17 heavy (non-hydrogen) atoms. The largest absolute Gasteiger partial charge is 0.381 e. The molecule has 1 amide bonds. The smallest absolute Gasteiger partial charge is 0.234 e. The Kier molecular flexibility index (Phi) is 5.26. The van der Waals surface area contributed by atoms with Crippen molar-refractivity contribution in [2.24, 2.45) is 5.92 Å². The van der Waals surface area contributed by atoms with Crippen LogP contribution in [0.1, 0.15) is 38.5 Å². The average Bonchev–Trinajstić information content (AvgIpc) is 2.83. The molecule has 1 aliphatic heterocycles. The number of hydrogen-bond acceptors (Lipinski definition) is 3. The predicted octanol–water partition coefficient (Wildman–Crippen LogP) is 1.06. The lowest BCUT2D eigenvalue weighted by Crippen LogP contribution is -2.41. The fourth-order valence-corrected chi connectivity index (χ4v) is 2.71. The molecule has 0 aromatic heterocycles. The first-order chi connectivity index (χ1) is 8.34. The lowest BCUT2D eigenvalue weighted by Gasteiger charge is -2.22. The van der Waals surface area contributed by atoms with Gasteiger partial charge in [0.15, 0.2) is 0 Å². The molecule has 4 nitrogen and oxygen atoms in total. The van der Waals surface area contributed by atoms with Gasteiger partial charge in [0, 0.05) is 19.2 Å². The molecule has 0 bridgehead atoms. The number of hydrogen-bond donors (Lipinski definition) is 2. The molecule has 1 heterocycles. The summed E-state index contributed by atoms with van der Waals surface area (Å²) in [6.45, 7) is 3.10. The fraction of sp³-hybridized carbons (Fsp3) is 0.923. The molecule has 2 N–H and O–H groups in total. The van der Waals surface area contributed by atoms with E-state index in [1.54, 1.807) is 0 Å². The highest BCUT2D eigenvalue weighted by molar-refractivity contribution is 5.78. The molecule has 2 fully saturated rings. The Balaban J connectivity index is 1.53. The first-order valence-electron chi connectivity index (χ1n) is 6.92. The van der Waals surface area contributed by atoms with E-state index >= 15 is 0 Å². The zero-order valence-electron chi connectivity index (χ0n) is 10.5. The SMILES string of the molecule is O=C(CNCC1CCCOC1)NC1CCCC1. The molecule has 1 atom stereocenters. The summed E-state index contributed by atoms with van der Waals surface area (Å²) in [7, 11) is 0. The second kappa shape index (κ2) is 6.97. The number of carbonyl (C=O) groups excluding carboxylic acids is 1. The van der Waals surface area contributed by atoms with Crippen LogP contribution >= 0.6 is 0 Å². The average molecular weight is 240 g/mol. The predicted molar refractivity (Wildman–Crippen MR) is 66.8 cm³/mol. The third kappa shape index (κ3) is 4.64. The molecule has 2 aliphatic rings. The van der Waals surface area contributed by atoms with Gasteiger partial charge in [-0.15, -0.1) is 0 Å². The van der Waals surface area contributed by atoms with E-state index in [1.807, 2.05) is 0 Å².